The number of hydrogen-bond acceptors (Lipinski definition) is 3. The average molecular weight is 274 g/mol. The molecule has 1 aliphatic rings. The van der Waals surface area contributed by atoms with E-state index in [1.807, 2.05) is 0 Å². The largest absolute Gasteiger partial charge is 0.380 e. The number of nitrogens with zero attached hydrogens (tertiary/aromatic N) is 1. The minimum atomic E-state index is -0.287. The van der Waals surface area contributed by atoms with Crippen molar-refractivity contribution < 1.29 is 8.91 Å². The standard InChI is InChI=1S/C16H19FN2O/c17-13-8-4-3-7-12(13)15-14(20-19-16(15)18)10-9-11-5-1-2-6-11/h3-4,7-8,11H,1-2,5-6,9-10H2,(H2,18,19). The van der Waals surface area contributed by atoms with Crippen LogP contribution < -0.4 is 5.73 Å². The van der Waals surface area contributed by atoms with Crippen molar-refractivity contribution in [3.05, 3.63) is 35.8 Å². The summed E-state index contributed by atoms with van der Waals surface area (Å²) in [6.07, 6.45) is 7.07. The highest BCUT2D eigenvalue weighted by Crippen LogP contribution is 2.34. The van der Waals surface area contributed by atoms with Gasteiger partial charge in [-0.3, -0.25) is 0 Å². The van der Waals surface area contributed by atoms with Crippen molar-refractivity contribution in [2.75, 3.05) is 5.73 Å². The Morgan fingerprint density at radius 3 is 2.75 bits per heavy atom. The number of hydrogen-bond donors (Lipinski definition) is 1. The van der Waals surface area contributed by atoms with Crippen molar-refractivity contribution in [3.8, 4) is 11.1 Å². The molecule has 2 aromatic rings. The van der Waals surface area contributed by atoms with E-state index in [0.717, 1.165) is 18.8 Å². The Morgan fingerprint density at radius 2 is 2.00 bits per heavy atom. The number of aryl methyl sites for hydroxylation is 1. The lowest BCUT2D eigenvalue weighted by atomic mass is 9.97. The normalized spacial score (nSPS) is 15.8. The zero-order valence-electron chi connectivity index (χ0n) is 11.4. The van der Waals surface area contributed by atoms with Crippen LogP contribution >= 0.6 is 0 Å². The molecule has 0 amide bonds. The summed E-state index contributed by atoms with van der Waals surface area (Å²) >= 11 is 0. The zero-order valence-corrected chi connectivity index (χ0v) is 11.4. The molecule has 4 heteroatoms. The molecular formula is C16H19FN2O. The van der Waals surface area contributed by atoms with Crippen LogP contribution in [0.25, 0.3) is 11.1 Å². The molecule has 20 heavy (non-hydrogen) atoms. The molecule has 0 radical (unpaired) electrons. The smallest absolute Gasteiger partial charge is 0.175 e. The number of nitrogen functional groups attached to an aromatic ring is 1. The average Bonchev–Trinajstić information content (AvgIpc) is 3.07. The van der Waals surface area contributed by atoms with Crippen LogP contribution in [0, 0.1) is 11.7 Å². The first-order valence-electron chi connectivity index (χ1n) is 7.24. The first-order valence-corrected chi connectivity index (χ1v) is 7.24. The maximum Gasteiger partial charge on any atom is 0.175 e. The number of rotatable bonds is 4. The monoisotopic (exact) mass is 274 g/mol. The predicted molar refractivity (Wildman–Crippen MR) is 76.6 cm³/mol. The van der Waals surface area contributed by atoms with E-state index in [0.29, 0.717) is 16.9 Å². The minimum absolute atomic E-state index is 0.275. The van der Waals surface area contributed by atoms with Crippen LogP contribution in [0.5, 0.6) is 0 Å². The van der Waals surface area contributed by atoms with Crippen LogP contribution in [0.3, 0.4) is 0 Å². The van der Waals surface area contributed by atoms with Crippen LogP contribution in [-0.2, 0) is 6.42 Å². The summed E-state index contributed by atoms with van der Waals surface area (Å²) in [5, 5.41) is 3.82. The third-order valence-electron chi connectivity index (χ3n) is 4.19. The van der Waals surface area contributed by atoms with Gasteiger partial charge >= 0.3 is 0 Å². The van der Waals surface area contributed by atoms with Gasteiger partial charge in [0.2, 0.25) is 0 Å². The molecule has 0 bridgehead atoms. The summed E-state index contributed by atoms with van der Waals surface area (Å²) in [7, 11) is 0. The molecule has 0 aliphatic heterocycles. The van der Waals surface area contributed by atoms with Crippen molar-refractivity contribution in [1.29, 1.82) is 0 Å². The van der Waals surface area contributed by atoms with Gasteiger partial charge in [0.1, 0.15) is 11.6 Å². The van der Waals surface area contributed by atoms with Crippen LogP contribution in [0.1, 0.15) is 37.9 Å². The third-order valence-corrected chi connectivity index (χ3v) is 4.19. The second-order valence-electron chi connectivity index (χ2n) is 5.53. The summed E-state index contributed by atoms with van der Waals surface area (Å²) in [5.41, 5.74) is 6.96. The highest BCUT2D eigenvalue weighted by atomic mass is 19.1. The van der Waals surface area contributed by atoms with E-state index in [2.05, 4.69) is 5.16 Å². The van der Waals surface area contributed by atoms with E-state index in [9.17, 15) is 4.39 Å². The molecular weight excluding hydrogens is 255 g/mol. The molecule has 1 aromatic heterocycles. The molecule has 0 saturated heterocycles. The van der Waals surface area contributed by atoms with Gasteiger partial charge in [-0.25, -0.2) is 4.39 Å². The Labute approximate surface area is 118 Å². The first kappa shape index (κ1) is 13.2. The van der Waals surface area contributed by atoms with E-state index in [1.165, 1.54) is 31.7 Å². The number of benzene rings is 1. The Morgan fingerprint density at radius 1 is 1.25 bits per heavy atom. The molecule has 1 heterocycles. The van der Waals surface area contributed by atoms with Gasteiger partial charge in [0.25, 0.3) is 0 Å². The predicted octanol–water partition coefficient (Wildman–Crippen LogP) is 4.19. The van der Waals surface area contributed by atoms with E-state index >= 15 is 0 Å². The minimum Gasteiger partial charge on any atom is -0.380 e. The quantitative estimate of drug-likeness (QED) is 0.909. The van der Waals surface area contributed by atoms with E-state index in [4.69, 9.17) is 10.3 Å². The van der Waals surface area contributed by atoms with Gasteiger partial charge in [0, 0.05) is 12.0 Å². The van der Waals surface area contributed by atoms with Gasteiger partial charge < -0.3 is 10.3 Å². The zero-order chi connectivity index (χ0) is 13.9. The summed E-state index contributed by atoms with van der Waals surface area (Å²) in [6.45, 7) is 0. The van der Waals surface area contributed by atoms with E-state index in [1.54, 1.807) is 18.2 Å². The summed E-state index contributed by atoms with van der Waals surface area (Å²) in [5.74, 6) is 1.45. The molecule has 2 N–H and O–H groups in total. The van der Waals surface area contributed by atoms with Crippen molar-refractivity contribution >= 4 is 5.82 Å². The number of aromatic nitrogens is 1. The highest BCUT2D eigenvalue weighted by molar-refractivity contribution is 5.75. The van der Waals surface area contributed by atoms with Gasteiger partial charge in [0.05, 0.1) is 5.56 Å². The molecule has 1 saturated carbocycles. The van der Waals surface area contributed by atoms with Gasteiger partial charge in [-0.2, -0.15) is 0 Å². The Balaban J connectivity index is 1.84. The van der Waals surface area contributed by atoms with Crippen molar-refractivity contribution in [2.45, 2.75) is 38.5 Å². The van der Waals surface area contributed by atoms with E-state index in [-0.39, 0.29) is 11.6 Å². The molecule has 0 unspecified atom stereocenters. The van der Waals surface area contributed by atoms with Gasteiger partial charge in [-0.1, -0.05) is 49.0 Å². The molecule has 1 aliphatic carbocycles. The lowest BCUT2D eigenvalue weighted by molar-refractivity contribution is 0.370. The fraction of sp³-hybridized carbons (Fsp3) is 0.438. The summed E-state index contributed by atoms with van der Waals surface area (Å²) in [6, 6.07) is 6.62. The summed E-state index contributed by atoms with van der Waals surface area (Å²) in [4.78, 5) is 0. The van der Waals surface area contributed by atoms with Crippen LogP contribution in [0.4, 0.5) is 10.2 Å². The topological polar surface area (TPSA) is 52.0 Å². The van der Waals surface area contributed by atoms with Crippen molar-refractivity contribution in [1.82, 2.24) is 5.16 Å². The maximum absolute atomic E-state index is 13.9. The molecule has 3 rings (SSSR count). The van der Waals surface area contributed by atoms with Crippen molar-refractivity contribution in [3.63, 3.8) is 0 Å². The SMILES string of the molecule is Nc1noc(CCC2CCCC2)c1-c1ccccc1F. The molecule has 0 spiro atoms. The maximum atomic E-state index is 13.9. The van der Waals surface area contributed by atoms with Crippen LogP contribution in [0.15, 0.2) is 28.8 Å². The lowest BCUT2D eigenvalue weighted by Crippen LogP contribution is -1.98. The second kappa shape index (κ2) is 5.65. The second-order valence-corrected chi connectivity index (χ2v) is 5.53. The molecule has 1 aromatic carbocycles. The number of anilines is 1. The van der Waals surface area contributed by atoms with Crippen molar-refractivity contribution in [2.24, 2.45) is 5.92 Å². The fourth-order valence-electron chi connectivity index (χ4n) is 3.10. The van der Waals surface area contributed by atoms with Crippen LogP contribution in [0.2, 0.25) is 0 Å². The highest BCUT2D eigenvalue weighted by Gasteiger charge is 2.21. The van der Waals surface area contributed by atoms with Gasteiger partial charge in [0.15, 0.2) is 5.82 Å². The third kappa shape index (κ3) is 2.55. The Bertz CT molecular complexity index is 588. The van der Waals surface area contributed by atoms with Gasteiger partial charge in [-0.05, 0) is 18.4 Å². The molecule has 1 fully saturated rings. The number of halogens is 1. The van der Waals surface area contributed by atoms with Gasteiger partial charge in [-0.15, -0.1) is 0 Å². The fourth-order valence-corrected chi connectivity index (χ4v) is 3.10. The molecule has 0 atom stereocenters. The van der Waals surface area contributed by atoms with E-state index < -0.39 is 0 Å². The Hall–Kier alpha value is -1.84. The Kier molecular flexibility index (Phi) is 3.72. The summed E-state index contributed by atoms with van der Waals surface area (Å²) < 4.78 is 19.3. The lowest BCUT2D eigenvalue weighted by Gasteiger charge is -2.08. The first-order chi connectivity index (χ1) is 9.75. The number of nitrogens with two attached hydrogens (primary N) is 1. The van der Waals surface area contributed by atoms with Crippen LogP contribution in [-0.4, -0.2) is 5.16 Å². The molecule has 3 nitrogen and oxygen atoms in total. The molecule has 106 valence electrons.